The molecule has 2 aromatic heterocycles. The fourth-order valence-corrected chi connectivity index (χ4v) is 2.48. The number of benzene rings is 1. The molecule has 0 fully saturated rings. The Kier molecular flexibility index (Phi) is 4.84. The van der Waals surface area contributed by atoms with Crippen LogP contribution < -0.4 is 10.6 Å². The number of aliphatic imine (C=N–C) groups is 1. The van der Waals surface area contributed by atoms with Crippen LogP contribution in [-0.2, 0) is 13.1 Å². The Morgan fingerprint density at radius 3 is 2.71 bits per heavy atom. The second-order valence-electron chi connectivity index (χ2n) is 6.03. The monoisotopic (exact) mass is 325 g/mol. The summed E-state index contributed by atoms with van der Waals surface area (Å²) in [5, 5.41) is 11.8. The number of rotatable bonds is 5. The van der Waals surface area contributed by atoms with Crippen LogP contribution in [0.2, 0.25) is 0 Å². The van der Waals surface area contributed by atoms with Gasteiger partial charge < -0.3 is 20.1 Å². The number of aromatic amines is 1. The van der Waals surface area contributed by atoms with Crippen molar-refractivity contribution in [3.63, 3.8) is 0 Å². The Hall–Kier alpha value is -2.76. The van der Waals surface area contributed by atoms with Crippen LogP contribution in [0.3, 0.4) is 0 Å². The summed E-state index contributed by atoms with van der Waals surface area (Å²) in [4.78, 5) is 7.62. The summed E-state index contributed by atoms with van der Waals surface area (Å²) in [5.74, 6) is 1.88. The SMILES string of the molecule is CN=C(NCc1cc2ccccc2[nH]1)NCc1cc(C(C)C)no1. The summed E-state index contributed by atoms with van der Waals surface area (Å²) in [5.41, 5.74) is 3.22. The average molecular weight is 325 g/mol. The molecule has 0 bridgehead atoms. The first-order valence-electron chi connectivity index (χ1n) is 8.12. The fourth-order valence-electron chi connectivity index (χ4n) is 2.48. The number of guanidine groups is 1. The highest BCUT2D eigenvalue weighted by atomic mass is 16.5. The lowest BCUT2D eigenvalue weighted by Gasteiger charge is -2.09. The standard InChI is InChI=1S/C18H23N5O/c1-12(2)17-9-15(24-23-17)11-21-18(19-3)20-10-14-8-13-6-4-5-7-16(13)22-14/h4-9,12,22H,10-11H2,1-3H3,(H2,19,20,21). The first-order valence-corrected chi connectivity index (χ1v) is 8.12. The molecule has 0 saturated carbocycles. The van der Waals surface area contributed by atoms with Crippen molar-refractivity contribution >= 4 is 16.9 Å². The van der Waals surface area contributed by atoms with Crippen molar-refractivity contribution in [2.24, 2.45) is 4.99 Å². The van der Waals surface area contributed by atoms with Crippen molar-refractivity contribution in [1.82, 2.24) is 20.8 Å². The van der Waals surface area contributed by atoms with E-state index >= 15 is 0 Å². The van der Waals surface area contributed by atoms with Gasteiger partial charge in [-0.25, -0.2) is 0 Å². The maximum atomic E-state index is 5.32. The van der Waals surface area contributed by atoms with Gasteiger partial charge in [-0.05, 0) is 23.4 Å². The largest absolute Gasteiger partial charge is 0.359 e. The topological polar surface area (TPSA) is 78.2 Å². The zero-order valence-electron chi connectivity index (χ0n) is 14.3. The first kappa shape index (κ1) is 16.1. The quantitative estimate of drug-likeness (QED) is 0.497. The molecule has 0 amide bonds. The lowest BCUT2D eigenvalue weighted by Crippen LogP contribution is -2.36. The number of nitrogens with one attached hydrogen (secondary N) is 3. The summed E-state index contributed by atoms with van der Waals surface area (Å²) in [6.07, 6.45) is 0. The number of fused-ring (bicyclic) bond motifs is 1. The molecule has 3 rings (SSSR count). The molecule has 0 unspecified atom stereocenters. The van der Waals surface area contributed by atoms with Crippen molar-refractivity contribution < 1.29 is 4.52 Å². The van der Waals surface area contributed by atoms with Gasteiger partial charge in [0.1, 0.15) is 0 Å². The number of hydrogen-bond donors (Lipinski definition) is 3. The second kappa shape index (κ2) is 7.21. The fraction of sp³-hybridized carbons (Fsp3) is 0.333. The van der Waals surface area contributed by atoms with Gasteiger partial charge in [0, 0.05) is 24.3 Å². The van der Waals surface area contributed by atoms with E-state index in [1.165, 1.54) is 5.39 Å². The van der Waals surface area contributed by atoms with Gasteiger partial charge in [0.15, 0.2) is 11.7 Å². The Morgan fingerprint density at radius 1 is 1.21 bits per heavy atom. The van der Waals surface area contributed by atoms with Crippen LogP contribution in [0.4, 0.5) is 0 Å². The molecule has 0 aliphatic rings. The van der Waals surface area contributed by atoms with Gasteiger partial charge in [-0.1, -0.05) is 37.2 Å². The molecule has 2 heterocycles. The Morgan fingerprint density at radius 2 is 2.00 bits per heavy atom. The average Bonchev–Trinajstić information content (AvgIpc) is 3.21. The van der Waals surface area contributed by atoms with Crippen LogP contribution in [-0.4, -0.2) is 23.1 Å². The molecular weight excluding hydrogens is 302 g/mol. The van der Waals surface area contributed by atoms with E-state index in [1.54, 1.807) is 7.05 Å². The Bertz CT molecular complexity index is 798. The van der Waals surface area contributed by atoms with Gasteiger partial charge >= 0.3 is 0 Å². The van der Waals surface area contributed by atoms with Crippen LogP contribution >= 0.6 is 0 Å². The van der Waals surface area contributed by atoms with Gasteiger partial charge in [0.25, 0.3) is 0 Å². The molecule has 0 spiro atoms. The van der Waals surface area contributed by atoms with Gasteiger partial charge in [-0.2, -0.15) is 0 Å². The minimum atomic E-state index is 0.363. The number of H-pyrrole nitrogens is 1. The van der Waals surface area contributed by atoms with Crippen LogP contribution in [0, 0.1) is 0 Å². The minimum Gasteiger partial charge on any atom is -0.359 e. The van der Waals surface area contributed by atoms with E-state index < -0.39 is 0 Å². The zero-order chi connectivity index (χ0) is 16.9. The summed E-state index contributed by atoms with van der Waals surface area (Å²) < 4.78 is 5.32. The lowest BCUT2D eigenvalue weighted by atomic mass is 10.1. The third-order valence-corrected chi connectivity index (χ3v) is 3.85. The highest BCUT2D eigenvalue weighted by Crippen LogP contribution is 2.15. The van der Waals surface area contributed by atoms with Gasteiger partial charge in [0.2, 0.25) is 0 Å². The third-order valence-electron chi connectivity index (χ3n) is 3.85. The molecular formula is C18H23N5O. The van der Waals surface area contributed by atoms with Gasteiger partial charge in [-0.3, -0.25) is 4.99 Å². The van der Waals surface area contributed by atoms with Crippen molar-refractivity contribution in [3.05, 3.63) is 53.5 Å². The van der Waals surface area contributed by atoms with E-state index in [0.29, 0.717) is 19.0 Å². The van der Waals surface area contributed by atoms with Crippen molar-refractivity contribution in [3.8, 4) is 0 Å². The Balaban J connectivity index is 1.54. The van der Waals surface area contributed by atoms with E-state index in [0.717, 1.165) is 28.6 Å². The summed E-state index contributed by atoms with van der Waals surface area (Å²) in [6.45, 7) is 5.40. The molecule has 0 aliphatic heterocycles. The molecule has 126 valence electrons. The van der Waals surface area contributed by atoms with Crippen LogP contribution in [0.5, 0.6) is 0 Å². The Labute approximate surface area is 141 Å². The molecule has 1 aromatic carbocycles. The van der Waals surface area contributed by atoms with E-state index in [9.17, 15) is 0 Å². The molecule has 3 aromatic rings. The molecule has 0 saturated heterocycles. The minimum absolute atomic E-state index is 0.363. The summed E-state index contributed by atoms with van der Waals surface area (Å²) in [7, 11) is 1.75. The second-order valence-corrected chi connectivity index (χ2v) is 6.03. The number of nitrogens with zero attached hydrogens (tertiary/aromatic N) is 2. The molecule has 3 N–H and O–H groups in total. The molecule has 0 radical (unpaired) electrons. The van der Waals surface area contributed by atoms with Crippen LogP contribution in [0.25, 0.3) is 10.9 Å². The van der Waals surface area contributed by atoms with E-state index in [2.05, 4.69) is 57.8 Å². The third kappa shape index (κ3) is 3.76. The molecule has 0 atom stereocenters. The van der Waals surface area contributed by atoms with Crippen LogP contribution in [0.15, 0.2) is 45.9 Å². The van der Waals surface area contributed by atoms with Crippen molar-refractivity contribution in [1.29, 1.82) is 0 Å². The van der Waals surface area contributed by atoms with E-state index in [4.69, 9.17) is 4.52 Å². The highest BCUT2D eigenvalue weighted by Gasteiger charge is 2.08. The number of aromatic nitrogens is 2. The molecule has 6 nitrogen and oxygen atoms in total. The van der Waals surface area contributed by atoms with Gasteiger partial charge in [0.05, 0.1) is 18.8 Å². The van der Waals surface area contributed by atoms with E-state index in [1.807, 2.05) is 18.2 Å². The predicted octanol–water partition coefficient (Wildman–Crippen LogP) is 3.14. The number of hydrogen-bond acceptors (Lipinski definition) is 3. The number of para-hydroxylation sites is 1. The van der Waals surface area contributed by atoms with Crippen LogP contribution in [0.1, 0.15) is 36.9 Å². The first-order chi connectivity index (χ1) is 11.7. The van der Waals surface area contributed by atoms with Crippen molar-refractivity contribution in [2.45, 2.75) is 32.9 Å². The smallest absolute Gasteiger partial charge is 0.191 e. The zero-order valence-corrected chi connectivity index (χ0v) is 14.3. The maximum absolute atomic E-state index is 5.32. The predicted molar refractivity (Wildman–Crippen MR) is 95.9 cm³/mol. The van der Waals surface area contributed by atoms with Gasteiger partial charge in [-0.15, -0.1) is 0 Å². The molecule has 6 heteroatoms. The summed E-state index contributed by atoms with van der Waals surface area (Å²) in [6, 6.07) is 12.3. The normalized spacial score (nSPS) is 12.1. The van der Waals surface area contributed by atoms with E-state index in [-0.39, 0.29) is 0 Å². The maximum Gasteiger partial charge on any atom is 0.191 e. The molecule has 0 aliphatic carbocycles. The highest BCUT2D eigenvalue weighted by molar-refractivity contribution is 5.81. The molecule has 24 heavy (non-hydrogen) atoms. The lowest BCUT2D eigenvalue weighted by molar-refractivity contribution is 0.372. The summed E-state index contributed by atoms with van der Waals surface area (Å²) >= 11 is 0. The van der Waals surface area contributed by atoms with Crippen molar-refractivity contribution in [2.75, 3.05) is 7.05 Å².